The molecule has 0 unspecified atom stereocenters. The van der Waals surface area contributed by atoms with Gasteiger partial charge >= 0.3 is 5.97 Å². The molecule has 0 spiro atoms. The number of imide groups is 1. The maximum Gasteiger partial charge on any atom is 0.306 e. The maximum atomic E-state index is 12.4. The molecular formula is C23H22N6O4. The Kier molecular flexibility index (Phi) is 6.25. The summed E-state index contributed by atoms with van der Waals surface area (Å²) in [5.41, 5.74) is 8.40. The lowest BCUT2D eigenvalue weighted by Crippen LogP contribution is -2.31. The normalized spacial score (nSPS) is 12.6. The average molecular weight is 446 g/mol. The van der Waals surface area contributed by atoms with E-state index in [0.29, 0.717) is 11.1 Å². The number of carbonyl (C=O) groups excluding carboxylic acids is 3. The van der Waals surface area contributed by atoms with Crippen LogP contribution in [0.25, 0.3) is 0 Å². The number of rotatable bonds is 8. The van der Waals surface area contributed by atoms with Gasteiger partial charge in [0.2, 0.25) is 11.9 Å². The fourth-order valence-electron chi connectivity index (χ4n) is 3.37. The molecule has 10 nitrogen and oxygen atoms in total. The van der Waals surface area contributed by atoms with Crippen LogP contribution in [0.3, 0.4) is 0 Å². The quantitative estimate of drug-likeness (QED) is 0.394. The molecule has 3 N–H and O–H groups in total. The third-order valence-electron chi connectivity index (χ3n) is 5.01. The molecule has 0 bridgehead atoms. The molecule has 2 amide bonds. The zero-order valence-electron chi connectivity index (χ0n) is 17.9. The molecule has 0 saturated heterocycles. The average Bonchev–Trinajstić information content (AvgIpc) is 3.04. The van der Waals surface area contributed by atoms with E-state index in [4.69, 9.17) is 10.5 Å². The summed E-state index contributed by atoms with van der Waals surface area (Å²) in [6.45, 7) is 1.93. The van der Waals surface area contributed by atoms with Crippen LogP contribution in [0.2, 0.25) is 0 Å². The van der Waals surface area contributed by atoms with Crippen LogP contribution in [0.5, 0.6) is 0 Å². The van der Waals surface area contributed by atoms with Gasteiger partial charge in [-0.3, -0.25) is 19.3 Å². The van der Waals surface area contributed by atoms with Crippen molar-refractivity contribution in [3.8, 4) is 0 Å². The highest BCUT2D eigenvalue weighted by atomic mass is 16.5. The van der Waals surface area contributed by atoms with Crippen LogP contribution < -0.4 is 11.1 Å². The van der Waals surface area contributed by atoms with Crippen molar-refractivity contribution < 1.29 is 19.1 Å². The molecule has 4 rings (SSSR count). The number of nitrogens with one attached hydrogen (secondary N) is 1. The number of nitrogens with two attached hydrogens (primary N) is 1. The smallest absolute Gasteiger partial charge is 0.306 e. The fraction of sp³-hybridized carbons (Fsp3) is 0.217. The number of aryl methyl sites for hydroxylation is 1. The van der Waals surface area contributed by atoms with Crippen molar-refractivity contribution in [1.82, 2.24) is 19.9 Å². The summed E-state index contributed by atoms with van der Waals surface area (Å²) in [6, 6.07) is 14.3. The van der Waals surface area contributed by atoms with Crippen molar-refractivity contribution >= 4 is 35.4 Å². The van der Waals surface area contributed by atoms with E-state index in [1.54, 1.807) is 24.3 Å². The van der Waals surface area contributed by atoms with Crippen molar-refractivity contribution in [3.63, 3.8) is 0 Å². The van der Waals surface area contributed by atoms with Crippen molar-refractivity contribution in [2.75, 3.05) is 17.6 Å². The number of ether oxygens (including phenoxy) is 1. The standard InChI is InChI=1S/C23H22N6O4/c1-14-8-10-15(11-9-14)25-23-27-18(26-22(24)28-23)13-33-19(30)7-4-12-29-20(31)16-5-2-3-6-17(16)21(29)32/h2-3,5-6,8-11H,4,7,12-13H2,1H3,(H3,24,25,26,27,28). The van der Waals surface area contributed by atoms with E-state index >= 15 is 0 Å². The minimum atomic E-state index is -0.501. The van der Waals surface area contributed by atoms with Crippen LogP contribution in [0.4, 0.5) is 17.6 Å². The summed E-state index contributed by atoms with van der Waals surface area (Å²) >= 11 is 0. The first kappa shape index (κ1) is 21.9. The molecule has 0 atom stereocenters. The van der Waals surface area contributed by atoms with Crippen molar-refractivity contribution in [3.05, 3.63) is 71.0 Å². The van der Waals surface area contributed by atoms with Crippen molar-refractivity contribution in [2.45, 2.75) is 26.4 Å². The molecule has 1 aliphatic rings. The van der Waals surface area contributed by atoms with E-state index in [1.165, 1.54) is 0 Å². The van der Waals surface area contributed by atoms with Crippen LogP contribution in [-0.2, 0) is 16.1 Å². The summed E-state index contributed by atoms with van der Waals surface area (Å²) in [5, 5.41) is 3.03. The highest BCUT2D eigenvalue weighted by Gasteiger charge is 2.34. The number of hydrogen-bond donors (Lipinski definition) is 2. The predicted molar refractivity (Wildman–Crippen MR) is 120 cm³/mol. The van der Waals surface area contributed by atoms with Gasteiger partial charge in [0.15, 0.2) is 12.4 Å². The van der Waals surface area contributed by atoms with Gasteiger partial charge in [-0.15, -0.1) is 0 Å². The second kappa shape index (κ2) is 9.43. The van der Waals surface area contributed by atoms with Gasteiger partial charge < -0.3 is 15.8 Å². The van der Waals surface area contributed by atoms with Crippen LogP contribution >= 0.6 is 0 Å². The monoisotopic (exact) mass is 446 g/mol. The zero-order valence-corrected chi connectivity index (χ0v) is 17.9. The highest BCUT2D eigenvalue weighted by molar-refractivity contribution is 6.21. The number of nitrogens with zero attached hydrogens (tertiary/aromatic N) is 4. The first-order valence-electron chi connectivity index (χ1n) is 10.4. The largest absolute Gasteiger partial charge is 0.457 e. The second-order valence-electron chi connectivity index (χ2n) is 7.50. The van der Waals surface area contributed by atoms with Gasteiger partial charge in [-0.25, -0.2) is 0 Å². The number of anilines is 3. The number of esters is 1. The van der Waals surface area contributed by atoms with Crippen LogP contribution in [0.15, 0.2) is 48.5 Å². The lowest BCUT2D eigenvalue weighted by Gasteiger charge is -2.13. The van der Waals surface area contributed by atoms with Crippen molar-refractivity contribution in [2.24, 2.45) is 0 Å². The predicted octanol–water partition coefficient (Wildman–Crippen LogP) is 2.63. The topological polar surface area (TPSA) is 140 Å². The summed E-state index contributed by atoms with van der Waals surface area (Å²) in [7, 11) is 0. The molecule has 33 heavy (non-hydrogen) atoms. The first-order chi connectivity index (χ1) is 15.9. The van der Waals surface area contributed by atoms with E-state index in [9.17, 15) is 14.4 Å². The number of amides is 2. The number of hydrogen-bond acceptors (Lipinski definition) is 9. The molecule has 0 fully saturated rings. The molecule has 1 aromatic heterocycles. The SMILES string of the molecule is Cc1ccc(Nc2nc(N)nc(COC(=O)CCCN3C(=O)c4ccccc4C3=O)n2)cc1. The minimum Gasteiger partial charge on any atom is -0.457 e. The molecule has 2 aromatic carbocycles. The van der Waals surface area contributed by atoms with Gasteiger partial charge in [-0.05, 0) is 37.6 Å². The summed E-state index contributed by atoms with van der Waals surface area (Å²) in [5.74, 6) is -0.764. The Hall–Kier alpha value is -4.34. The van der Waals surface area contributed by atoms with E-state index in [-0.39, 0.29) is 55.5 Å². The number of fused-ring (bicyclic) bond motifs is 1. The van der Waals surface area contributed by atoms with E-state index in [1.807, 2.05) is 31.2 Å². The lowest BCUT2D eigenvalue weighted by atomic mass is 10.1. The molecule has 168 valence electrons. The molecule has 0 aliphatic carbocycles. The van der Waals surface area contributed by atoms with Crippen LogP contribution in [0.1, 0.15) is 44.9 Å². The molecular weight excluding hydrogens is 424 g/mol. The fourth-order valence-corrected chi connectivity index (χ4v) is 3.37. The van der Waals surface area contributed by atoms with Gasteiger partial charge in [0, 0.05) is 18.7 Å². The van der Waals surface area contributed by atoms with E-state index < -0.39 is 5.97 Å². The summed E-state index contributed by atoms with van der Waals surface area (Å²) in [6.07, 6.45) is 0.312. The Bertz CT molecular complexity index is 1180. The zero-order chi connectivity index (χ0) is 23.4. The molecule has 1 aliphatic heterocycles. The first-order valence-corrected chi connectivity index (χ1v) is 10.4. The highest BCUT2D eigenvalue weighted by Crippen LogP contribution is 2.22. The number of aromatic nitrogens is 3. The van der Waals surface area contributed by atoms with Gasteiger partial charge in [0.1, 0.15) is 0 Å². The minimum absolute atomic E-state index is 0.00344. The second-order valence-corrected chi connectivity index (χ2v) is 7.50. The van der Waals surface area contributed by atoms with Gasteiger partial charge in [-0.2, -0.15) is 15.0 Å². The third-order valence-corrected chi connectivity index (χ3v) is 5.01. The van der Waals surface area contributed by atoms with Gasteiger partial charge in [0.05, 0.1) is 11.1 Å². The van der Waals surface area contributed by atoms with E-state index in [2.05, 4.69) is 20.3 Å². The van der Waals surface area contributed by atoms with Crippen molar-refractivity contribution in [1.29, 1.82) is 0 Å². The number of benzene rings is 2. The third kappa shape index (κ3) is 5.12. The lowest BCUT2D eigenvalue weighted by molar-refractivity contribution is -0.145. The molecule has 2 heterocycles. The summed E-state index contributed by atoms with van der Waals surface area (Å²) in [4.78, 5) is 50.2. The Labute approximate surface area is 189 Å². The van der Waals surface area contributed by atoms with Gasteiger partial charge in [0.25, 0.3) is 11.8 Å². The van der Waals surface area contributed by atoms with E-state index in [0.717, 1.165) is 16.2 Å². The Balaban J connectivity index is 1.27. The summed E-state index contributed by atoms with van der Waals surface area (Å²) < 4.78 is 5.22. The van der Waals surface area contributed by atoms with Gasteiger partial charge in [-0.1, -0.05) is 29.8 Å². The Morgan fingerprint density at radius 1 is 1.00 bits per heavy atom. The molecule has 3 aromatic rings. The van der Waals surface area contributed by atoms with Crippen LogP contribution in [-0.4, -0.2) is 44.2 Å². The number of nitrogen functional groups attached to an aromatic ring is 1. The maximum absolute atomic E-state index is 12.4. The Morgan fingerprint density at radius 3 is 2.33 bits per heavy atom. The number of carbonyl (C=O) groups is 3. The Morgan fingerprint density at radius 2 is 1.67 bits per heavy atom. The molecule has 0 saturated carbocycles. The van der Waals surface area contributed by atoms with Crippen LogP contribution in [0, 0.1) is 6.92 Å². The molecule has 10 heteroatoms. The molecule has 0 radical (unpaired) electrons.